The maximum Gasteiger partial charge on any atom is 0.253 e. The summed E-state index contributed by atoms with van der Waals surface area (Å²) >= 11 is 0. The summed E-state index contributed by atoms with van der Waals surface area (Å²) in [5.74, 6) is 1.57. The first kappa shape index (κ1) is 13.6. The van der Waals surface area contributed by atoms with Crippen molar-refractivity contribution in [3.63, 3.8) is 0 Å². The molecular weight excluding hydrogens is 264 g/mol. The van der Waals surface area contributed by atoms with E-state index in [1.165, 1.54) is 6.42 Å². The summed E-state index contributed by atoms with van der Waals surface area (Å²) in [7, 11) is 0. The highest BCUT2D eigenvalue weighted by Crippen LogP contribution is 2.21. The van der Waals surface area contributed by atoms with Crippen LogP contribution in [0.1, 0.15) is 29.6 Å². The van der Waals surface area contributed by atoms with Gasteiger partial charge in [-0.3, -0.25) is 9.78 Å². The number of carbonyl (C=O) groups excluding carboxylic acids is 1. The number of benzene rings is 1. The molecule has 0 N–H and O–H groups in total. The molecule has 0 atom stereocenters. The van der Waals surface area contributed by atoms with Gasteiger partial charge in [0.05, 0.1) is 0 Å². The fourth-order valence-electron chi connectivity index (χ4n) is 2.49. The molecule has 0 unspecified atom stereocenters. The van der Waals surface area contributed by atoms with Gasteiger partial charge in [-0.05, 0) is 55.7 Å². The van der Waals surface area contributed by atoms with E-state index in [0.29, 0.717) is 0 Å². The number of carbonyl (C=O) groups is 1. The zero-order valence-electron chi connectivity index (χ0n) is 11.9. The number of amides is 1. The lowest BCUT2D eigenvalue weighted by Gasteiger charge is -2.26. The maximum absolute atomic E-state index is 12.3. The Kier molecular flexibility index (Phi) is 4.15. The first-order valence-corrected chi connectivity index (χ1v) is 7.30. The normalized spacial score (nSPS) is 14.8. The van der Waals surface area contributed by atoms with Crippen LogP contribution in [0.2, 0.25) is 0 Å². The predicted molar refractivity (Wildman–Crippen MR) is 80.5 cm³/mol. The Labute approximate surface area is 124 Å². The molecule has 0 bridgehead atoms. The molecule has 2 heterocycles. The second kappa shape index (κ2) is 6.39. The van der Waals surface area contributed by atoms with Crippen LogP contribution < -0.4 is 4.74 Å². The Bertz CT molecular complexity index is 590. The average molecular weight is 282 g/mol. The number of nitrogens with zero attached hydrogens (tertiary/aromatic N) is 2. The van der Waals surface area contributed by atoms with Gasteiger partial charge in [0.2, 0.25) is 0 Å². The molecule has 1 fully saturated rings. The van der Waals surface area contributed by atoms with Gasteiger partial charge in [0.1, 0.15) is 11.5 Å². The highest BCUT2D eigenvalue weighted by Gasteiger charge is 2.17. The van der Waals surface area contributed by atoms with Gasteiger partial charge in [0.15, 0.2) is 0 Å². The SMILES string of the molecule is O=C(c1ccc(Oc2ccncc2)cc1)N1CCCCC1. The lowest BCUT2D eigenvalue weighted by Crippen LogP contribution is -2.35. The van der Waals surface area contributed by atoms with Crippen molar-refractivity contribution in [3.8, 4) is 11.5 Å². The van der Waals surface area contributed by atoms with Crippen molar-refractivity contribution < 1.29 is 9.53 Å². The molecule has 4 nitrogen and oxygen atoms in total. The standard InChI is InChI=1S/C17H18N2O2/c20-17(19-12-2-1-3-13-19)14-4-6-15(7-5-14)21-16-8-10-18-11-9-16/h4-11H,1-3,12-13H2. The summed E-state index contributed by atoms with van der Waals surface area (Å²) in [6.07, 6.45) is 6.81. The molecule has 1 aliphatic heterocycles. The number of aromatic nitrogens is 1. The summed E-state index contributed by atoms with van der Waals surface area (Å²) in [5.41, 5.74) is 0.721. The lowest BCUT2D eigenvalue weighted by atomic mass is 10.1. The fourth-order valence-corrected chi connectivity index (χ4v) is 2.49. The molecule has 0 aliphatic carbocycles. The van der Waals surface area contributed by atoms with Gasteiger partial charge < -0.3 is 9.64 Å². The van der Waals surface area contributed by atoms with Crippen LogP contribution in [0.15, 0.2) is 48.8 Å². The van der Waals surface area contributed by atoms with E-state index in [1.807, 2.05) is 29.2 Å². The Morgan fingerprint density at radius 1 is 0.905 bits per heavy atom. The molecule has 4 heteroatoms. The maximum atomic E-state index is 12.3. The van der Waals surface area contributed by atoms with Crippen molar-refractivity contribution in [1.29, 1.82) is 0 Å². The number of likely N-dealkylation sites (tertiary alicyclic amines) is 1. The third-order valence-electron chi connectivity index (χ3n) is 3.63. The summed E-state index contributed by atoms with van der Waals surface area (Å²) in [5, 5.41) is 0. The second-order valence-corrected chi connectivity index (χ2v) is 5.16. The van der Waals surface area contributed by atoms with Crippen molar-refractivity contribution in [2.45, 2.75) is 19.3 Å². The number of hydrogen-bond donors (Lipinski definition) is 0. The minimum atomic E-state index is 0.116. The molecule has 0 radical (unpaired) electrons. The summed E-state index contributed by atoms with van der Waals surface area (Å²) in [6, 6.07) is 10.9. The van der Waals surface area contributed by atoms with Crippen LogP contribution in [-0.2, 0) is 0 Å². The van der Waals surface area contributed by atoms with Gasteiger partial charge in [0, 0.05) is 31.0 Å². The van der Waals surface area contributed by atoms with E-state index in [0.717, 1.165) is 43.0 Å². The minimum Gasteiger partial charge on any atom is -0.457 e. The molecule has 21 heavy (non-hydrogen) atoms. The molecule has 1 aromatic carbocycles. The smallest absolute Gasteiger partial charge is 0.253 e. The summed E-state index contributed by atoms with van der Waals surface area (Å²) in [6.45, 7) is 1.74. The number of ether oxygens (including phenoxy) is 1. The van der Waals surface area contributed by atoms with Crippen LogP contribution in [-0.4, -0.2) is 28.9 Å². The number of pyridine rings is 1. The van der Waals surface area contributed by atoms with Gasteiger partial charge >= 0.3 is 0 Å². The second-order valence-electron chi connectivity index (χ2n) is 5.16. The number of rotatable bonds is 3. The predicted octanol–water partition coefficient (Wildman–Crippen LogP) is 3.50. The van der Waals surface area contributed by atoms with Crippen LogP contribution >= 0.6 is 0 Å². The Morgan fingerprint density at radius 3 is 2.19 bits per heavy atom. The van der Waals surface area contributed by atoms with Gasteiger partial charge in [-0.15, -0.1) is 0 Å². The zero-order chi connectivity index (χ0) is 14.5. The fraction of sp³-hybridized carbons (Fsp3) is 0.294. The van der Waals surface area contributed by atoms with E-state index >= 15 is 0 Å². The van der Waals surface area contributed by atoms with E-state index in [9.17, 15) is 4.79 Å². The number of piperidine rings is 1. The number of hydrogen-bond acceptors (Lipinski definition) is 3. The highest BCUT2D eigenvalue weighted by atomic mass is 16.5. The molecule has 1 saturated heterocycles. The van der Waals surface area contributed by atoms with Crippen LogP contribution in [0.4, 0.5) is 0 Å². The van der Waals surface area contributed by atoms with Gasteiger partial charge in [-0.25, -0.2) is 0 Å². The molecular formula is C17H18N2O2. The van der Waals surface area contributed by atoms with Crippen molar-refractivity contribution >= 4 is 5.91 Å². The first-order valence-electron chi connectivity index (χ1n) is 7.30. The molecule has 0 saturated carbocycles. The van der Waals surface area contributed by atoms with Crippen molar-refractivity contribution in [3.05, 3.63) is 54.4 Å². The molecule has 2 aromatic rings. The highest BCUT2D eigenvalue weighted by molar-refractivity contribution is 5.94. The first-order chi connectivity index (χ1) is 10.3. The molecule has 1 aromatic heterocycles. The van der Waals surface area contributed by atoms with Crippen LogP contribution in [0.3, 0.4) is 0 Å². The Hall–Kier alpha value is -2.36. The topological polar surface area (TPSA) is 42.4 Å². The van der Waals surface area contributed by atoms with Gasteiger partial charge in [-0.1, -0.05) is 0 Å². The summed E-state index contributed by atoms with van der Waals surface area (Å²) in [4.78, 5) is 18.2. The van der Waals surface area contributed by atoms with Gasteiger partial charge in [0.25, 0.3) is 5.91 Å². The Balaban J connectivity index is 1.67. The monoisotopic (exact) mass is 282 g/mol. The van der Waals surface area contributed by atoms with Crippen LogP contribution in [0.25, 0.3) is 0 Å². The molecule has 108 valence electrons. The van der Waals surface area contributed by atoms with Crippen molar-refractivity contribution in [2.75, 3.05) is 13.1 Å². The van der Waals surface area contributed by atoms with E-state index in [4.69, 9.17) is 4.74 Å². The molecule has 1 aliphatic rings. The molecule has 3 rings (SSSR count). The third kappa shape index (κ3) is 3.40. The Morgan fingerprint density at radius 2 is 1.52 bits per heavy atom. The van der Waals surface area contributed by atoms with Crippen molar-refractivity contribution in [1.82, 2.24) is 9.88 Å². The average Bonchev–Trinajstić information content (AvgIpc) is 2.57. The lowest BCUT2D eigenvalue weighted by molar-refractivity contribution is 0.0724. The minimum absolute atomic E-state index is 0.116. The third-order valence-corrected chi connectivity index (χ3v) is 3.63. The largest absolute Gasteiger partial charge is 0.457 e. The zero-order valence-corrected chi connectivity index (χ0v) is 11.9. The summed E-state index contributed by atoms with van der Waals surface area (Å²) < 4.78 is 5.69. The van der Waals surface area contributed by atoms with Crippen LogP contribution in [0.5, 0.6) is 11.5 Å². The quantitative estimate of drug-likeness (QED) is 0.865. The van der Waals surface area contributed by atoms with E-state index in [2.05, 4.69) is 4.98 Å². The van der Waals surface area contributed by atoms with Crippen molar-refractivity contribution in [2.24, 2.45) is 0 Å². The molecule has 1 amide bonds. The van der Waals surface area contributed by atoms with E-state index in [1.54, 1.807) is 24.5 Å². The molecule has 0 spiro atoms. The van der Waals surface area contributed by atoms with Crippen LogP contribution in [0, 0.1) is 0 Å². The van der Waals surface area contributed by atoms with Gasteiger partial charge in [-0.2, -0.15) is 0 Å². The van der Waals surface area contributed by atoms with E-state index < -0.39 is 0 Å². The van der Waals surface area contributed by atoms with E-state index in [-0.39, 0.29) is 5.91 Å².